The molecule has 0 N–H and O–H groups in total. The highest BCUT2D eigenvalue weighted by molar-refractivity contribution is 5.94. The molecular weight excluding hydrogens is 382 g/mol. The molecule has 2 aromatic carbocycles. The fourth-order valence-corrected chi connectivity index (χ4v) is 4.24. The molecule has 2 fully saturated rings. The van der Waals surface area contributed by atoms with Crippen LogP contribution in [-0.2, 0) is 4.74 Å². The molecule has 2 heterocycles. The Balaban J connectivity index is 1.44. The summed E-state index contributed by atoms with van der Waals surface area (Å²) in [4.78, 5) is 15.1. The number of rotatable bonds is 7. The first-order valence-electron chi connectivity index (χ1n) is 10.6. The summed E-state index contributed by atoms with van der Waals surface area (Å²) in [5.41, 5.74) is 1.74. The lowest BCUT2D eigenvalue weighted by atomic mass is 10.0. The average Bonchev–Trinajstić information content (AvgIpc) is 3.49. The van der Waals surface area contributed by atoms with Gasteiger partial charge in [0.25, 0.3) is 5.91 Å². The molecule has 2 aliphatic heterocycles. The minimum atomic E-state index is 0.0350. The molecule has 2 aliphatic rings. The molecule has 2 aromatic rings. The lowest BCUT2D eigenvalue weighted by molar-refractivity contribution is 0.0678. The monoisotopic (exact) mass is 411 g/mol. The van der Waals surface area contributed by atoms with Gasteiger partial charge in [-0.25, -0.2) is 0 Å². The third-order valence-electron chi connectivity index (χ3n) is 5.87. The van der Waals surface area contributed by atoms with Gasteiger partial charge in [-0.3, -0.25) is 4.79 Å². The van der Waals surface area contributed by atoms with Crippen molar-refractivity contribution >= 4 is 5.91 Å². The minimum absolute atomic E-state index is 0.0350. The first-order chi connectivity index (χ1) is 14.7. The van der Waals surface area contributed by atoms with Crippen LogP contribution in [0.1, 0.15) is 47.6 Å². The van der Waals surface area contributed by atoms with Gasteiger partial charge in [-0.05, 0) is 67.6 Å². The van der Waals surface area contributed by atoms with Crippen LogP contribution in [0, 0.1) is 0 Å². The highest BCUT2D eigenvalue weighted by atomic mass is 16.5. The Hall–Kier alpha value is -2.73. The van der Waals surface area contributed by atoms with Gasteiger partial charge in [-0.2, -0.15) is 0 Å². The molecule has 2 saturated heterocycles. The summed E-state index contributed by atoms with van der Waals surface area (Å²) in [5.74, 6) is 2.18. The van der Waals surface area contributed by atoms with Crippen molar-refractivity contribution in [2.24, 2.45) is 0 Å². The van der Waals surface area contributed by atoms with E-state index in [-0.39, 0.29) is 18.1 Å². The predicted octanol–water partition coefficient (Wildman–Crippen LogP) is 4.24. The number of likely N-dealkylation sites (tertiary alicyclic amines) is 1. The number of hydrogen-bond acceptors (Lipinski definition) is 5. The van der Waals surface area contributed by atoms with Gasteiger partial charge in [0.2, 0.25) is 0 Å². The van der Waals surface area contributed by atoms with Gasteiger partial charge in [0.15, 0.2) is 11.5 Å². The molecule has 0 aromatic heterocycles. The van der Waals surface area contributed by atoms with E-state index in [1.54, 1.807) is 14.2 Å². The van der Waals surface area contributed by atoms with Gasteiger partial charge >= 0.3 is 0 Å². The molecule has 6 heteroatoms. The summed E-state index contributed by atoms with van der Waals surface area (Å²) >= 11 is 0. The second kappa shape index (κ2) is 9.39. The van der Waals surface area contributed by atoms with Gasteiger partial charge in [0.1, 0.15) is 12.4 Å². The van der Waals surface area contributed by atoms with Gasteiger partial charge in [0, 0.05) is 18.7 Å². The number of carbonyl (C=O) groups is 1. The Morgan fingerprint density at radius 1 is 1.03 bits per heavy atom. The van der Waals surface area contributed by atoms with Crippen LogP contribution in [0.15, 0.2) is 42.5 Å². The fraction of sp³-hybridized carbons (Fsp3) is 0.458. The summed E-state index contributed by atoms with van der Waals surface area (Å²) in [5, 5.41) is 0. The first-order valence-corrected chi connectivity index (χ1v) is 10.6. The van der Waals surface area contributed by atoms with E-state index in [4.69, 9.17) is 18.9 Å². The number of nitrogens with zero attached hydrogens (tertiary/aromatic N) is 1. The van der Waals surface area contributed by atoms with Gasteiger partial charge in [-0.1, -0.05) is 6.07 Å². The van der Waals surface area contributed by atoms with Crippen LogP contribution in [0.3, 0.4) is 0 Å². The zero-order valence-electron chi connectivity index (χ0n) is 17.6. The number of methoxy groups -OCH3 is 2. The van der Waals surface area contributed by atoms with Crippen molar-refractivity contribution in [1.82, 2.24) is 4.90 Å². The number of benzene rings is 2. The van der Waals surface area contributed by atoms with Crippen LogP contribution in [0.2, 0.25) is 0 Å². The third kappa shape index (κ3) is 4.38. The molecule has 4 rings (SSSR count). The lowest BCUT2D eigenvalue weighted by Gasteiger charge is -2.26. The van der Waals surface area contributed by atoms with Crippen molar-refractivity contribution in [2.75, 3.05) is 34.0 Å². The fourth-order valence-electron chi connectivity index (χ4n) is 4.24. The van der Waals surface area contributed by atoms with Crippen LogP contribution in [0.5, 0.6) is 17.2 Å². The molecule has 0 saturated carbocycles. The Morgan fingerprint density at radius 3 is 2.53 bits per heavy atom. The van der Waals surface area contributed by atoms with E-state index in [2.05, 4.69) is 0 Å². The quantitative estimate of drug-likeness (QED) is 0.682. The third-order valence-corrected chi connectivity index (χ3v) is 5.87. The SMILES string of the molecule is COc1ccc([C@@H]2CCCN2C(=O)c2ccc(OC[C@H]3CCCO3)cc2)cc1OC. The maximum absolute atomic E-state index is 13.2. The number of carbonyl (C=O) groups excluding carboxylic acids is 1. The van der Waals surface area contributed by atoms with Crippen LogP contribution in [-0.4, -0.2) is 50.9 Å². The Labute approximate surface area is 177 Å². The maximum atomic E-state index is 13.2. The largest absolute Gasteiger partial charge is 0.493 e. The number of ether oxygens (including phenoxy) is 4. The smallest absolute Gasteiger partial charge is 0.254 e. The molecule has 2 atom stereocenters. The second-order valence-electron chi connectivity index (χ2n) is 7.74. The van der Waals surface area contributed by atoms with Gasteiger partial charge < -0.3 is 23.8 Å². The summed E-state index contributed by atoms with van der Waals surface area (Å²) in [6, 6.07) is 13.3. The summed E-state index contributed by atoms with van der Waals surface area (Å²) < 4.78 is 22.2. The van der Waals surface area contributed by atoms with Crippen molar-refractivity contribution in [2.45, 2.75) is 37.8 Å². The molecule has 1 amide bonds. The molecule has 0 bridgehead atoms. The van der Waals surface area contributed by atoms with Crippen LogP contribution >= 0.6 is 0 Å². The zero-order chi connectivity index (χ0) is 20.9. The number of hydrogen-bond donors (Lipinski definition) is 0. The molecular formula is C24H29NO5. The molecule has 0 spiro atoms. The summed E-state index contributed by atoms with van der Waals surface area (Å²) in [7, 11) is 3.25. The Kier molecular flexibility index (Phi) is 6.43. The minimum Gasteiger partial charge on any atom is -0.493 e. The molecule has 0 unspecified atom stereocenters. The predicted molar refractivity (Wildman–Crippen MR) is 113 cm³/mol. The molecule has 30 heavy (non-hydrogen) atoms. The molecule has 0 radical (unpaired) electrons. The first kappa shape index (κ1) is 20.5. The van der Waals surface area contributed by atoms with Crippen molar-refractivity contribution in [3.8, 4) is 17.2 Å². The molecule has 6 nitrogen and oxygen atoms in total. The normalized spacial score (nSPS) is 20.9. The van der Waals surface area contributed by atoms with E-state index in [1.165, 1.54) is 0 Å². The van der Waals surface area contributed by atoms with Crippen LogP contribution in [0.25, 0.3) is 0 Å². The summed E-state index contributed by atoms with van der Waals surface area (Å²) in [6.07, 6.45) is 4.23. The average molecular weight is 411 g/mol. The topological polar surface area (TPSA) is 57.2 Å². The van der Waals surface area contributed by atoms with Crippen molar-refractivity contribution in [3.63, 3.8) is 0 Å². The van der Waals surface area contributed by atoms with E-state index in [0.717, 1.165) is 50.1 Å². The van der Waals surface area contributed by atoms with Crippen LogP contribution in [0.4, 0.5) is 0 Å². The van der Waals surface area contributed by atoms with E-state index in [9.17, 15) is 4.79 Å². The van der Waals surface area contributed by atoms with Gasteiger partial charge in [0.05, 0.1) is 26.4 Å². The van der Waals surface area contributed by atoms with Crippen molar-refractivity contribution < 1.29 is 23.7 Å². The molecule has 0 aliphatic carbocycles. The Bertz CT molecular complexity index is 860. The second-order valence-corrected chi connectivity index (χ2v) is 7.74. The van der Waals surface area contributed by atoms with E-state index in [0.29, 0.717) is 23.7 Å². The number of amides is 1. The van der Waals surface area contributed by atoms with E-state index in [1.807, 2.05) is 47.4 Å². The van der Waals surface area contributed by atoms with Crippen LogP contribution < -0.4 is 14.2 Å². The van der Waals surface area contributed by atoms with Crippen molar-refractivity contribution in [1.29, 1.82) is 0 Å². The Morgan fingerprint density at radius 2 is 1.83 bits per heavy atom. The highest BCUT2D eigenvalue weighted by Gasteiger charge is 2.31. The van der Waals surface area contributed by atoms with E-state index < -0.39 is 0 Å². The van der Waals surface area contributed by atoms with E-state index >= 15 is 0 Å². The molecule has 160 valence electrons. The highest BCUT2D eigenvalue weighted by Crippen LogP contribution is 2.37. The standard InChI is InChI=1S/C24H29NO5/c1-27-22-12-9-18(15-23(22)28-2)21-6-3-13-25(21)24(26)17-7-10-19(11-8-17)30-16-20-5-4-14-29-20/h7-12,15,20-21H,3-6,13-14,16H2,1-2H3/t20-,21+/m1/s1. The zero-order valence-corrected chi connectivity index (χ0v) is 17.6. The lowest BCUT2D eigenvalue weighted by Crippen LogP contribution is -2.30. The van der Waals surface area contributed by atoms with Crippen molar-refractivity contribution in [3.05, 3.63) is 53.6 Å². The summed E-state index contributed by atoms with van der Waals surface area (Å²) in [6.45, 7) is 2.12. The van der Waals surface area contributed by atoms with Gasteiger partial charge in [-0.15, -0.1) is 0 Å². The maximum Gasteiger partial charge on any atom is 0.254 e.